The van der Waals surface area contributed by atoms with Crippen LogP contribution in [0.5, 0.6) is 11.5 Å². The van der Waals surface area contributed by atoms with Gasteiger partial charge < -0.3 is 24.7 Å². The summed E-state index contributed by atoms with van der Waals surface area (Å²) in [6.07, 6.45) is 2.85. The van der Waals surface area contributed by atoms with Gasteiger partial charge in [-0.05, 0) is 49.6 Å². The van der Waals surface area contributed by atoms with E-state index in [0.29, 0.717) is 23.6 Å². The first-order valence-electron chi connectivity index (χ1n) is 10.3. The lowest BCUT2D eigenvalue weighted by Gasteiger charge is -2.35. The number of aryl methyl sites for hydroxylation is 1. The van der Waals surface area contributed by atoms with Gasteiger partial charge in [0, 0.05) is 19.2 Å². The summed E-state index contributed by atoms with van der Waals surface area (Å²) < 4.78 is 12.8. The van der Waals surface area contributed by atoms with Crippen molar-refractivity contribution in [1.82, 2.24) is 14.5 Å². The molecule has 4 rings (SSSR count). The van der Waals surface area contributed by atoms with E-state index in [1.807, 2.05) is 36.2 Å². The predicted molar refractivity (Wildman–Crippen MR) is 116 cm³/mol. The van der Waals surface area contributed by atoms with E-state index < -0.39 is 5.91 Å². The molecule has 0 aliphatic carbocycles. The van der Waals surface area contributed by atoms with Crippen molar-refractivity contribution in [3.8, 4) is 11.5 Å². The SMILES string of the molecule is COc1cc(C(=O)N2CCCC[C@@H]2c2nc3ccccc3n2C)ccc1OCC(N)=O. The molecule has 0 unspecified atom stereocenters. The lowest BCUT2D eigenvalue weighted by atomic mass is 10.00. The summed E-state index contributed by atoms with van der Waals surface area (Å²) in [6.45, 7) is 0.402. The molecule has 3 aromatic rings. The van der Waals surface area contributed by atoms with Crippen LogP contribution in [0.2, 0.25) is 0 Å². The standard InChI is InChI=1S/C23H26N4O4/c1-26-17-8-4-3-7-16(17)25-22(26)18-9-5-6-12-27(18)23(29)15-10-11-19(20(13-15)30-2)31-14-21(24)28/h3-4,7-8,10-11,13,18H,5-6,9,12,14H2,1-2H3,(H2,24,28)/t18-/m1/s1. The van der Waals surface area contributed by atoms with Crippen molar-refractivity contribution in [2.45, 2.75) is 25.3 Å². The summed E-state index contributed by atoms with van der Waals surface area (Å²) in [6, 6.07) is 12.8. The predicted octanol–water partition coefficient (Wildman–Crippen LogP) is 2.81. The van der Waals surface area contributed by atoms with Crippen LogP contribution in [0, 0.1) is 0 Å². The third kappa shape index (κ3) is 4.05. The maximum absolute atomic E-state index is 13.5. The number of carbonyl (C=O) groups excluding carboxylic acids is 2. The molecule has 0 radical (unpaired) electrons. The number of para-hydroxylation sites is 2. The highest BCUT2D eigenvalue weighted by atomic mass is 16.5. The Hall–Kier alpha value is -3.55. The molecule has 1 fully saturated rings. The van der Waals surface area contributed by atoms with Gasteiger partial charge in [0.15, 0.2) is 18.1 Å². The number of imidazole rings is 1. The third-order valence-corrected chi connectivity index (χ3v) is 5.66. The number of amides is 2. The largest absolute Gasteiger partial charge is 0.493 e. The summed E-state index contributed by atoms with van der Waals surface area (Å²) >= 11 is 0. The van der Waals surface area contributed by atoms with Crippen LogP contribution < -0.4 is 15.2 Å². The molecule has 2 N–H and O–H groups in total. The first-order valence-corrected chi connectivity index (χ1v) is 10.3. The molecule has 0 spiro atoms. The number of likely N-dealkylation sites (tertiary alicyclic amines) is 1. The van der Waals surface area contributed by atoms with Crippen molar-refractivity contribution >= 4 is 22.8 Å². The molecule has 31 heavy (non-hydrogen) atoms. The number of fused-ring (bicyclic) bond motifs is 1. The fourth-order valence-corrected chi connectivity index (χ4v) is 4.14. The molecule has 0 bridgehead atoms. The Morgan fingerprint density at radius 1 is 1.16 bits per heavy atom. The quantitative estimate of drug-likeness (QED) is 0.658. The summed E-state index contributed by atoms with van der Waals surface area (Å²) in [4.78, 5) is 31.2. The summed E-state index contributed by atoms with van der Waals surface area (Å²) in [5.74, 6) is 0.965. The molecule has 8 nitrogen and oxygen atoms in total. The van der Waals surface area contributed by atoms with Crippen LogP contribution in [-0.4, -0.2) is 46.5 Å². The van der Waals surface area contributed by atoms with Crippen molar-refractivity contribution in [2.75, 3.05) is 20.3 Å². The average molecular weight is 422 g/mol. The number of rotatable bonds is 6. The van der Waals surface area contributed by atoms with Gasteiger partial charge in [0.1, 0.15) is 5.82 Å². The smallest absolute Gasteiger partial charge is 0.255 e. The van der Waals surface area contributed by atoms with Gasteiger partial charge in [0.2, 0.25) is 0 Å². The number of nitrogens with two attached hydrogens (primary N) is 1. The molecule has 2 aromatic carbocycles. The van der Waals surface area contributed by atoms with Crippen LogP contribution in [0.15, 0.2) is 42.5 Å². The first kappa shape index (κ1) is 20.7. The van der Waals surface area contributed by atoms with Crippen LogP contribution in [0.1, 0.15) is 41.5 Å². The van der Waals surface area contributed by atoms with Gasteiger partial charge in [-0.15, -0.1) is 0 Å². The zero-order valence-electron chi connectivity index (χ0n) is 17.7. The molecule has 0 saturated carbocycles. The topological polar surface area (TPSA) is 99.7 Å². The summed E-state index contributed by atoms with van der Waals surface area (Å²) in [7, 11) is 3.49. The minimum Gasteiger partial charge on any atom is -0.493 e. The monoisotopic (exact) mass is 422 g/mol. The highest BCUT2D eigenvalue weighted by molar-refractivity contribution is 5.95. The molecule has 2 heterocycles. The lowest BCUT2D eigenvalue weighted by molar-refractivity contribution is -0.119. The maximum Gasteiger partial charge on any atom is 0.255 e. The number of methoxy groups -OCH3 is 1. The van der Waals surface area contributed by atoms with Gasteiger partial charge >= 0.3 is 0 Å². The number of primary amides is 1. The number of ether oxygens (including phenoxy) is 2. The van der Waals surface area contributed by atoms with E-state index in [-0.39, 0.29) is 18.6 Å². The van der Waals surface area contributed by atoms with Crippen LogP contribution in [0.3, 0.4) is 0 Å². The van der Waals surface area contributed by atoms with Crippen molar-refractivity contribution < 1.29 is 19.1 Å². The van der Waals surface area contributed by atoms with Gasteiger partial charge in [0.05, 0.1) is 24.2 Å². The number of hydrogen-bond acceptors (Lipinski definition) is 5. The van der Waals surface area contributed by atoms with Gasteiger partial charge in [-0.25, -0.2) is 4.98 Å². The van der Waals surface area contributed by atoms with Crippen LogP contribution >= 0.6 is 0 Å². The zero-order valence-corrected chi connectivity index (χ0v) is 17.7. The van der Waals surface area contributed by atoms with Gasteiger partial charge in [-0.2, -0.15) is 0 Å². The molecular weight excluding hydrogens is 396 g/mol. The van der Waals surface area contributed by atoms with Crippen LogP contribution in [-0.2, 0) is 11.8 Å². The minimum atomic E-state index is -0.583. The molecule has 162 valence electrons. The Labute approximate surface area is 180 Å². The number of benzene rings is 2. The number of carbonyl (C=O) groups is 2. The van der Waals surface area contributed by atoms with Crippen molar-refractivity contribution in [3.05, 3.63) is 53.9 Å². The lowest BCUT2D eigenvalue weighted by Crippen LogP contribution is -2.39. The van der Waals surface area contributed by atoms with E-state index in [0.717, 1.165) is 36.1 Å². The van der Waals surface area contributed by atoms with Gasteiger partial charge in [0.25, 0.3) is 11.8 Å². The minimum absolute atomic E-state index is 0.0866. The van der Waals surface area contributed by atoms with E-state index >= 15 is 0 Å². The Bertz CT molecular complexity index is 1120. The second kappa shape index (κ2) is 8.67. The Kier molecular flexibility index (Phi) is 5.79. The fourth-order valence-electron chi connectivity index (χ4n) is 4.14. The number of aromatic nitrogens is 2. The maximum atomic E-state index is 13.5. The second-order valence-corrected chi connectivity index (χ2v) is 7.65. The van der Waals surface area contributed by atoms with Crippen molar-refractivity contribution in [2.24, 2.45) is 12.8 Å². The molecular formula is C23H26N4O4. The van der Waals surface area contributed by atoms with E-state index in [9.17, 15) is 9.59 Å². The van der Waals surface area contributed by atoms with Gasteiger partial charge in [-0.1, -0.05) is 12.1 Å². The highest BCUT2D eigenvalue weighted by Gasteiger charge is 2.32. The molecule has 1 atom stereocenters. The molecule has 1 aliphatic rings. The molecule has 8 heteroatoms. The number of hydrogen-bond donors (Lipinski definition) is 1. The Morgan fingerprint density at radius 3 is 2.71 bits per heavy atom. The van der Waals surface area contributed by atoms with Crippen LogP contribution in [0.4, 0.5) is 0 Å². The van der Waals surface area contributed by atoms with E-state index in [2.05, 4.69) is 4.57 Å². The first-order chi connectivity index (χ1) is 15.0. The summed E-state index contributed by atoms with van der Waals surface area (Å²) in [5.41, 5.74) is 7.61. The number of nitrogens with zero attached hydrogens (tertiary/aromatic N) is 3. The van der Waals surface area contributed by atoms with Crippen molar-refractivity contribution in [3.63, 3.8) is 0 Å². The van der Waals surface area contributed by atoms with Crippen molar-refractivity contribution in [1.29, 1.82) is 0 Å². The third-order valence-electron chi connectivity index (χ3n) is 5.66. The fraction of sp³-hybridized carbons (Fsp3) is 0.348. The molecule has 2 amide bonds. The summed E-state index contributed by atoms with van der Waals surface area (Å²) in [5, 5.41) is 0. The average Bonchev–Trinajstić information content (AvgIpc) is 3.13. The zero-order chi connectivity index (χ0) is 22.0. The van der Waals surface area contributed by atoms with E-state index in [1.165, 1.54) is 7.11 Å². The van der Waals surface area contributed by atoms with Gasteiger partial charge in [-0.3, -0.25) is 9.59 Å². The second-order valence-electron chi connectivity index (χ2n) is 7.65. The normalized spacial score (nSPS) is 16.3. The van der Waals surface area contributed by atoms with Crippen LogP contribution in [0.25, 0.3) is 11.0 Å². The molecule has 1 saturated heterocycles. The number of piperidine rings is 1. The highest BCUT2D eigenvalue weighted by Crippen LogP contribution is 2.35. The molecule has 1 aliphatic heterocycles. The van der Waals surface area contributed by atoms with E-state index in [1.54, 1.807) is 18.2 Å². The Balaban J connectivity index is 1.64. The Morgan fingerprint density at radius 2 is 1.97 bits per heavy atom. The molecule has 1 aromatic heterocycles. The van der Waals surface area contributed by atoms with E-state index in [4.69, 9.17) is 20.2 Å².